The van der Waals surface area contributed by atoms with Crippen molar-refractivity contribution in [2.24, 2.45) is 0 Å². The summed E-state index contributed by atoms with van der Waals surface area (Å²) in [7, 11) is 0. The fraction of sp³-hybridized carbons (Fsp3) is 0.588. The maximum atomic E-state index is 12.6. The molecule has 1 N–H and O–H groups in total. The Hall–Kier alpha value is -2.11. The summed E-state index contributed by atoms with van der Waals surface area (Å²) in [4.78, 5) is 12.6. The first-order valence-corrected chi connectivity index (χ1v) is 8.35. The van der Waals surface area contributed by atoms with Crippen LogP contribution in [0.25, 0.3) is 0 Å². The third kappa shape index (κ3) is 2.78. The third-order valence-corrected chi connectivity index (χ3v) is 4.68. The number of hydrogen-bond acceptors (Lipinski definition) is 4. The molecule has 0 aromatic carbocycles. The molecule has 0 unspecified atom stereocenters. The Morgan fingerprint density at radius 1 is 1.35 bits per heavy atom. The fourth-order valence-corrected chi connectivity index (χ4v) is 3.55. The summed E-state index contributed by atoms with van der Waals surface area (Å²) in [6, 6.07) is -0.118. The Morgan fingerprint density at radius 3 is 2.78 bits per heavy atom. The van der Waals surface area contributed by atoms with Crippen LogP contribution in [0, 0.1) is 13.8 Å². The van der Waals surface area contributed by atoms with Gasteiger partial charge in [0.25, 0.3) is 5.91 Å². The Bertz CT molecular complexity index is 729. The van der Waals surface area contributed by atoms with Crippen molar-refractivity contribution in [3.63, 3.8) is 0 Å². The summed E-state index contributed by atoms with van der Waals surface area (Å²) in [5.74, 6) is 0.195. The average molecular weight is 316 g/mol. The van der Waals surface area contributed by atoms with Gasteiger partial charge in [-0.05, 0) is 53.4 Å². The van der Waals surface area contributed by atoms with Crippen molar-refractivity contribution < 1.29 is 9.32 Å². The molecule has 0 radical (unpaired) electrons. The van der Waals surface area contributed by atoms with Crippen LogP contribution in [0.3, 0.4) is 0 Å². The van der Waals surface area contributed by atoms with Crippen LogP contribution in [-0.2, 0) is 19.4 Å². The van der Waals surface area contributed by atoms with Gasteiger partial charge in [0.2, 0.25) is 5.76 Å². The highest BCUT2D eigenvalue weighted by Crippen LogP contribution is 2.26. The molecule has 6 nitrogen and oxygen atoms in total. The molecule has 1 aliphatic carbocycles. The molecule has 23 heavy (non-hydrogen) atoms. The molecule has 1 atom stereocenters. The van der Waals surface area contributed by atoms with Crippen LogP contribution in [0.15, 0.2) is 4.52 Å². The van der Waals surface area contributed by atoms with Gasteiger partial charge in [0.1, 0.15) is 0 Å². The lowest BCUT2D eigenvalue weighted by molar-refractivity contribution is 0.0901. The molecular weight excluding hydrogens is 292 g/mol. The zero-order chi connectivity index (χ0) is 16.6. The minimum atomic E-state index is -0.184. The summed E-state index contributed by atoms with van der Waals surface area (Å²) < 4.78 is 7.28. The lowest BCUT2D eigenvalue weighted by atomic mass is 9.96. The van der Waals surface area contributed by atoms with Crippen molar-refractivity contribution in [2.75, 3.05) is 0 Å². The van der Waals surface area contributed by atoms with Gasteiger partial charge in [-0.25, -0.2) is 0 Å². The van der Waals surface area contributed by atoms with Gasteiger partial charge in [0.15, 0.2) is 0 Å². The molecule has 0 spiro atoms. The molecule has 2 aromatic rings. The molecule has 6 heteroatoms. The van der Waals surface area contributed by atoms with E-state index in [4.69, 9.17) is 4.52 Å². The predicted molar refractivity (Wildman–Crippen MR) is 86.4 cm³/mol. The van der Waals surface area contributed by atoms with E-state index in [9.17, 15) is 4.79 Å². The maximum absolute atomic E-state index is 12.6. The van der Waals surface area contributed by atoms with Crippen molar-refractivity contribution in [3.8, 4) is 0 Å². The van der Waals surface area contributed by atoms with Gasteiger partial charge in [-0.2, -0.15) is 5.10 Å². The molecule has 0 saturated heterocycles. The summed E-state index contributed by atoms with van der Waals surface area (Å²) in [5, 5.41) is 11.6. The molecule has 1 aliphatic rings. The van der Waals surface area contributed by atoms with Crippen LogP contribution in [-0.4, -0.2) is 20.8 Å². The molecule has 0 bridgehead atoms. The molecule has 0 saturated carbocycles. The van der Waals surface area contributed by atoms with Gasteiger partial charge in [0.05, 0.1) is 17.4 Å². The van der Waals surface area contributed by atoms with Gasteiger partial charge < -0.3 is 9.84 Å². The number of hydrogen-bond donors (Lipinski definition) is 1. The fourth-order valence-electron chi connectivity index (χ4n) is 3.55. The standard InChI is InChI=1S/C17H24N4O2/c1-5-21-12(4)15(11(3)19-21)10(2)18-17(22)16-13-8-6-7-9-14(13)20-23-16/h10H,5-9H2,1-4H3,(H,18,22)/t10-/m1/s1. The van der Waals surface area contributed by atoms with E-state index in [1.54, 1.807) is 0 Å². The summed E-state index contributed by atoms with van der Waals surface area (Å²) in [6.45, 7) is 8.89. The van der Waals surface area contributed by atoms with Crippen molar-refractivity contribution in [1.82, 2.24) is 20.3 Å². The largest absolute Gasteiger partial charge is 0.350 e. The molecule has 3 rings (SSSR count). The molecule has 2 heterocycles. The van der Waals surface area contributed by atoms with E-state index in [2.05, 4.69) is 22.5 Å². The molecule has 0 fully saturated rings. The summed E-state index contributed by atoms with van der Waals surface area (Å²) in [5.41, 5.74) is 5.06. The molecule has 0 aliphatic heterocycles. The van der Waals surface area contributed by atoms with Crippen molar-refractivity contribution in [2.45, 2.75) is 66.0 Å². The van der Waals surface area contributed by atoms with Crippen LogP contribution in [0.4, 0.5) is 0 Å². The number of nitrogens with one attached hydrogen (secondary N) is 1. The van der Waals surface area contributed by atoms with E-state index in [1.165, 1.54) is 0 Å². The number of carbonyl (C=O) groups excluding carboxylic acids is 1. The number of rotatable bonds is 4. The second kappa shape index (κ2) is 6.18. The maximum Gasteiger partial charge on any atom is 0.290 e. The van der Waals surface area contributed by atoms with E-state index in [0.29, 0.717) is 5.76 Å². The van der Waals surface area contributed by atoms with E-state index >= 15 is 0 Å². The van der Waals surface area contributed by atoms with Crippen LogP contribution in [0.1, 0.15) is 71.5 Å². The smallest absolute Gasteiger partial charge is 0.290 e. The number of fused-ring (bicyclic) bond motifs is 1. The highest BCUT2D eigenvalue weighted by molar-refractivity contribution is 5.93. The van der Waals surface area contributed by atoms with Gasteiger partial charge in [-0.3, -0.25) is 9.48 Å². The predicted octanol–water partition coefficient (Wildman–Crippen LogP) is 2.88. The number of aromatic nitrogens is 3. The third-order valence-electron chi connectivity index (χ3n) is 4.68. The summed E-state index contributed by atoms with van der Waals surface area (Å²) >= 11 is 0. The van der Waals surface area contributed by atoms with Crippen molar-refractivity contribution in [3.05, 3.63) is 34.0 Å². The molecule has 124 valence electrons. The normalized spacial score (nSPS) is 15.3. The van der Waals surface area contributed by atoms with Crippen LogP contribution in [0.2, 0.25) is 0 Å². The first-order valence-electron chi connectivity index (χ1n) is 8.35. The van der Waals surface area contributed by atoms with Gasteiger partial charge in [0, 0.05) is 23.4 Å². The van der Waals surface area contributed by atoms with Crippen molar-refractivity contribution in [1.29, 1.82) is 0 Å². The number of aryl methyl sites for hydroxylation is 3. The van der Waals surface area contributed by atoms with E-state index in [1.807, 2.05) is 25.5 Å². The zero-order valence-corrected chi connectivity index (χ0v) is 14.3. The Kier molecular flexibility index (Phi) is 4.24. The number of carbonyl (C=O) groups is 1. The summed E-state index contributed by atoms with van der Waals surface area (Å²) in [6.07, 6.45) is 3.99. The van der Waals surface area contributed by atoms with E-state index in [-0.39, 0.29) is 11.9 Å². The second-order valence-electron chi connectivity index (χ2n) is 6.24. The van der Waals surface area contributed by atoms with Gasteiger partial charge in [-0.1, -0.05) is 5.16 Å². The Morgan fingerprint density at radius 2 is 2.09 bits per heavy atom. The van der Waals surface area contributed by atoms with Crippen LogP contribution >= 0.6 is 0 Å². The monoisotopic (exact) mass is 316 g/mol. The lowest BCUT2D eigenvalue weighted by Gasteiger charge is -2.15. The first kappa shape index (κ1) is 15.8. The average Bonchev–Trinajstić information content (AvgIpc) is 3.08. The van der Waals surface area contributed by atoms with Crippen molar-refractivity contribution >= 4 is 5.91 Å². The molecule has 2 aromatic heterocycles. The molecular formula is C17H24N4O2. The van der Waals surface area contributed by atoms with Crippen LogP contribution in [0.5, 0.6) is 0 Å². The van der Waals surface area contributed by atoms with Gasteiger partial charge >= 0.3 is 0 Å². The van der Waals surface area contributed by atoms with E-state index in [0.717, 1.165) is 60.4 Å². The zero-order valence-electron chi connectivity index (χ0n) is 14.3. The highest BCUT2D eigenvalue weighted by Gasteiger charge is 2.26. The first-order chi connectivity index (χ1) is 11.0. The minimum Gasteiger partial charge on any atom is -0.350 e. The molecule has 1 amide bonds. The highest BCUT2D eigenvalue weighted by atomic mass is 16.5. The Balaban J connectivity index is 1.80. The SMILES string of the molecule is CCn1nc(C)c([C@@H](C)NC(=O)c2onc3c2CCCC3)c1C. The van der Waals surface area contributed by atoms with E-state index < -0.39 is 0 Å². The number of amides is 1. The number of nitrogens with zero attached hydrogens (tertiary/aromatic N) is 3. The Labute approximate surface area is 136 Å². The minimum absolute atomic E-state index is 0.118. The lowest BCUT2D eigenvalue weighted by Crippen LogP contribution is -2.28. The van der Waals surface area contributed by atoms with Crippen LogP contribution < -0.4 is 5.32 Å². The van der Waals surface area contributed by atoms with Gasteiger partial charge in [-0.15, -0.1) is 0 Å². The topological polar surface area (TPSA) is 73.0 Å². The second-order valence-corrected chi connectivity index (χ2v) is 6.24. The quantitative estimate of drug-likeness (QED) is 0.941.